The molecule has 28 heavy (non-hydrogen) atoms. The summed E-state index contributed by atoms with van der Waals surface area (Å²) >= 11 is 1.57. The first-order valence-corrected chi connectivity index (χ1v) is 9.72. The molecule has 4 rings (SSSR count). The Hall–Kier alpha value is -3.13. The zero-order valence-corrected chi connectivity index (χ0v) is 15.9. The molecule has 0 bridgehead atoms. The molecule has 0 atom stereocenters. The topological polar surface area (TPSA) is 89.8 Å². The first-order chi connectivity index (χ1) is 13.5. The van der Waals surface area contributed by atoms with Gasteiger partial charge in [-0.15, -0.1) is 11.8 Å². The molecule has 0 fully saturated rings. The van der Waals surface area contributed by atoms with Gasteiger partial charge in [-0.3, -0.25) is 14.0 Å². The first kappa shape index (κ1) is 18.2. The number of carbonyl (C=O) groups is 2. The van der Waals surface area contributed by atoms with Crippen LogP contribution in [0, 0.1) is 6.92 Å². The Morgan fingerprint density at radius 3 is 2.96 bits per heavy atom. The van der Waals surface area contributed by atoms with E-state index in [1.807, 2.05) is 19.1 Å². The largest absolute Gasteiger partial charge is 0.456 e. The van der Waals surface area contributed by atoms with Crippen LogP contribution in [0.5, 0.6) is 0 Å². The van der Waals surface area contributed by atoms with Crippen molar-refractivity contribution in [3.63, 3.8) is 0 Å². The zero-order chi connectivity index (χ0) is 19.7. The summed E-state index contributed by atoms with van der Waals surface area (Å²) in [5.41, 5.74) is 2.38. The number of fused-ring (bicyclic) bond motifs is 2. The summed E-state index contributed by atoms with van der Waals surface area (Å²) in [7, 11) is 0. The lowest BCUT2D eigenvalue weighted by atomic mass is 10.2. The summed E-state index contributed by atoms with van der Waals surface area (Å²) in [6.45, 7) is 1.71. The summed E-state index contributed by atoms with van der Waals surface area (Å²) in [6.07, 6.45) is 0.432. The van der Waals surface area contributed by atoms with Crippen LogP contribution in [0.1, 0.15) is 28.2 Å². The fraction of sp³-hybridized carbons (Fsp3) is 0.200. The van der Waals surface area contributed by atoms with Gasteiger partial charge in [0.05, 0.1) is 16.9 Å². The number of aryl methyl sites for hydroxylation is 1. The van der Waals surface area contributed by atoms with E-state index in [0.29, 0.717) is 34.8 Å². The van der Waals surface area contributed by atoms with Crippen molar-refractivity contribution in [3.8, 4) is 0 Å². The van der Waals surface area contributed by atoms with Crippen molar-refractivity contribution in [2.75, 3.05) is 11.1 Å². The summed E-state index contributed by atoms with van der Waals surface area (Å²) in [5, 5.41) is 2.80. The third-order valence-corrected chi connectivity index (χ3v) is 5.44. The summed E-state index contributed by atoms with van der Waals surface area (Å²) in [6, 6.07) is 11.8. The van der Waals surface area contributed by atoms with Crippen molar-refractivity contribution in [1.82, 2.24) is 9.38 Å². The van der Waals surface area contributed by atoms with Gasteiger partial charge >= 0.3 is 5.97 Å². The Labute approximate surface area is 164 Å². The lowest BCUT2D eigenvalue weighted by Gasteiger charge is -2.10. The van der Waals surface area contributed by atoms with Gasteiger partial charge in [0.2, 0.25) is 5.91 Å². The van der Waals surface area contributed by atoms with Crippen LogP contribution < -0.4 is 10.9 Å². The number of ether oxygens (including phenoxy) is 1. The molecule has 1 amide bonds. The number of anilines is 1. The molecule has 7 nitrogen and oxygen atoms in total. The Morgan fingerprint density at radius 2 is 2.11 bits per heavy atom. The quantitative estimate of drug-likeness (QED) is 0.686. The highest BCUT2D eigenvalue weighted by molar-refractivity contribution is 7.99. The summed E-state index contributed by atoms with van der Waals surface area (Å²) in [4.78, 5) is 41.7. The molecule has 142 valence electrons. The zero-order valence-electron chi connectivity index (χ0n) is 15.1. The van der Waals surface area contributed by atoms with E-state index in [4.69, 9.17) is 4.74 Å². The normalized spacial score (nSPS) is 13.5. The number of pyridine rings is 1. The highest BCUT2D eigenvalue weighted by atomic mass is 32.2. The van der Waals surface area contributed by atoms with Crippen molar-refractivity contribution in [1.29, 1.82) is 0 Å². The fourth-order valence-corrected chi connectivity index (χ4v) is 3.94. The number of thioether (sulfide) groups is 1. The van der Waals surface area contributed by atoms with Crippen LogP contribution in [0.15, 0.2) is 52.2 Å². The van der Waals surface area contributed by atoms with Crippen LogP contribution in [0.4, 0.5) is 5.69 Å². The molecule has 2 aromatic heterocycles. The average molecular weight is 395 g/mol. The van der Waals surface area contributed by atoms with Crippen LogP contribution in [-0.4, -0.2) is 27.0 Å². The van der Waals surface area contributed by atoms with E-state index in [0.717, 1.165) is 10.6 Å². The van der Waals surface area contributed by atoms with E-state index in [1.165, 1.54) is 10.5 Å². The standard InChI is InChI=1S/C20H17N3O4S/c1-12-3-2-4-17-21-14(10-19(25)23(12)17)11-27-20(26)13-5-6-16-15(9-13)22-18(24)7-8-28-16/h2-6,9-10H,7-8,11H2,1H3,(H,22,24). The lowest BCUT2D eigenvalue weighted by molar-refractivity contribution is -0.115. The van der Waals surface area contributed by atoms with Gasteiger partial charge in [0.15, 0.2) is 0 Å². The molecule has 1 aliphatic rings. The van der Waals surface area contributed by atoms with Crippen LogP contribution >= 0.6 is 11.8 Å². The molecule has 1 aromatic carbocycles. The Bertz CT molecular complexity index is 1160. The SMILES string of the molecule is Cc1cccc2nc(COC(=O)c3ccc4c(c3)NC(=O)CCS4)cc(=O)n12. The number of nitrogens with one attached hydrogen (secondary N) is 1. The number of nitrogens with zero attached hydrogens (tertiary/aromatic N) is 2. The molecule has 0 spiro atoms. The number of rotatable bonds is 3. The van der Waals surface area contributed by atoms with Crippen LogP contribution in [0.25, 0.3) is 5.65 Å². The van der Waals surface area contributed by atoms with Crippen molar-refractivity contribution in [2.45, 2.75) is 24.8 Å². The number of carbonyl (C=O) groups excluding carboxylic acids is 2. The van der Waals surface area contributed by atoms with Crippen molar-refractivity contribution < 1.29 is 14.3 Å². The number of esters is 1. The molecular weight excluding hydrogens is 378 g/mol. The Morgan fingerprint density at radius 1 is 1.25 bits per heavy atom. The van der Waals surface area contributed by atoms with Crippen LogP contribution in [0.2, 0.25) is 0 Å². The summed E-state index contributed by atoms with van der Waals surface area (Å²) < 4.78 is 6.83. The van der Waals surface area contributed by atoms with E-state index in [-0.39, 0.29) is 18.1 Å². The fourth-order valence-electron chi connectivity index (χ4n) is 3.01. The van der Waals surface area contributed by atoms with Gasteiger partial charge < -0.3 is 10.1 Å². The molecule has 0 saturated carbocycles. The average Bonchev–Trinajstić information content (AvgIpc) is 2.85. The minimum Gasteiger partial charge on any atom is -0.456 e. The molecule has 1 N–H and O–H groups in total. The third-order valence-electron chi connectivity index (χ3n) is 4.36. The second kappa shape index (κ2) is 7.47. The molecule has 0 radical (unpaired) electrons. The maximum absolute atomic E-state index is 12.4. The monoisotopic (exact) mass is 395 g/mol. The number of aromatic nitrogens is 2. The second-order valence-electron chi connectivity index (χ2n) is 6.38. The second-order valence-corrected chi connectivity index (χ2v) is 7.52. The first-order valence-electron chi connectivity index (χ1n) is 8.73. The number of amides is 1. The van der Waals surface area contributed by atoms with Crippen molar-refractivity contribution in [3.05, 3.63) is 69.8 Å². The summed E-state index contributed by atoms with van der Waals surface area (Å²) in [5.74, 6) is 0.0797. The lowest BCUT2D eigenvalue weighted by Crippen LogP contribution is -2.18. The van der Waals surface area contributed by atoms with E-state index >= 15 is 0 Å². The Balaban J connectivity index is 1.53. The molecule has 3 heterocycles. The maximum Gasteiger partial charge on any atom is 0.338 e. The number of benzene rings is 1. The van der Waals surface area contributed by atoms with Crippen LogP contribution in [-0.2, 0) is 16.1 Å². The van der Waals surface area contributed by atoms with Crippen LogP contribution in [0.3, 0.4) is 0 Å². The van der Waals surface area contributed by atoms with Gasteiger partial charge in [-0.1, -0.05) is 6.07 Å². The van der Waals surface area contributed by atoms with Gasteiger partial charge in [0.1, 0.15) is 12.3 Å². The minimum absolute atomic E-state index is 0.0760. The predicted octanol–water partition coefficient (Wildman–Crippen LogP) is 2.79. The maximum atomic E-state index is 12.4. The van der Waals surface area contributed by atoms with Crippen molar-refractivity contribution >= 4 is 35.0 Å². The van der Waals surface area contributed by atoms with Crippen molar-refractivity contribution in [2.24, 2.45) is 0 Å². The molecular formula is C20H17N3O4S. The van der Waals surface area contributed by atoms with E-state index in [1.54, 1.807) is 36.0 Å². The Kier molecular flexibility index (Phi) is 4.87. The molecule has 0 saturated heterocycles. The smallest absolute Gasteiger partial charge is 0.338 e. The third kappa shape index (κ3) is 3.63. The molecule has 3 aromatic rings. The molecule has 0 aliphatic carbocycles. The van der Waals surface area contributed by atoms with E-state index in [2.05, 4.69) is 10.3 Å². The van der Waals surface area contributed by atoms with Gasteiger partial charge in [-0.25, -0.2) is 9.78 Å². The molecule has 8 heteroatoms. The van der Waals surface area contributed by atoms with Gasteiger partial charge in [0.25, 0.3) is 5.56 Å². The molecule has 1 aliphatic heterocycles. The van der Waals surface area contributed by atoms with E-state index in [9.17, 15) is 14.4 Å². The van der Waals surface area contributed by atoms with Gasteiger partial charge in [-0.2, -0.15) is 0 Å². The minimum atomic E-state index is -0.544. The number of hydrogen-bond donors (Lipinski definition) is 1. The highest BCUT2D eigenvalue weighted by Crippen LogP contribution is 2.31. The molecule has 0 unspecified atom stereocenters. The highest BCUT2D eigenvalue weighted by Gasteiger charge is 2.17. The number of hydrogen-bond acceptors (Lipinski definition) is 6. The van der Waals surface area contributed by atoms with Gasteiger partial charge in [0, 0.05) is 28.8 Å². The predicted molar refractivity (Wildman–Crippen MR) is 106 cm³/mol. The van der Waals surface area contributed by atoms with Gasteiger partial charge in [-0.05, 0) is 37.3 Å². The van der Waals surface area contributed by atoms with E-state index < -0.39 is 5.97 Å².